The number of thiophene rings is 1. The SMILES string of the molecule is C/C=C/C(=O)NCCCCN1CCN(C(c2ccccc2)c2ccccc2)CC1.CC(C)c1cc2ccccc2s1.CCCOc1ccc(Oc2ccc(C)cc2)cc1.C[B]CCC(C)CC(=O)c1ccc(-c2ccc(C)cc2C)cc1.Cc1ccc2c(c1)c(C(=O)c1ccc[nH]1)c(O)n2C. The van der Waals surface area contributed by atoms with Gasteiger partial charge in [-0.15, -0.1) is 11.3 Å². The fourth-order valence-corrected chi connectivity index (χ4v) is 13.3. The van der Waals surface area contributed by atoms with E-state index >= 15 is 0 Å². The Balaban J connectivity index is 0.000000164. The van der Waals surface area contributed by atoms with Crippen molar-refractivity contribution in [3.05, 3.63) is 286 Å². The minimum absolute atomic E-state index is 0.000185. The first-order valence-electron chi connectivity index (χ1n) is 35.8. The first kappa shape index (κ1) is 77.2. The van der Waals surface area contributed by atoms with Crippen LogP contribution in [0.15, 0.2) is 231 Å². The van der Waals surface area contributed by atoms with Gasteiger partial charge in [0.2, 0.25) is 17.6 Å². The van der Waals surface area contributed by atoms with E-state index in [0.717, 1.165) is 117 Å². The van der Waals surface area contributed by atoms with Crippen molar-refractivity contribution in [3.8, 4) is 34.3 Å². The van der Waals surface area contributed by atoms with E-state index in [0.29, 0.717) is 35.6 Å². The van der Waals surface area contributed by atoms with E-state index in [9.17, 15) is 19.5 Å². The molecule has 0 aliphatic carbocycles. The number of fused-ring (bicyclic) bond motifs is 2. The van der Waals surface area contributed by atoms with Crippen molar-refractivity contribution in [1.82, 2.24) is 24.7 Å². The van der Waals surface area contributed by atoms with Crippen LogP contribution < -0.4 is 14.8 Å². The van der Waals surface area contributed by atoms with Crippen LogP contribution in [0.5, 0.6) is 23.1 Å². The van der Waals surface area contributed by atoms with Crippen LogP contribution in [0.25, 0.3) is 32.1 Å². The summed E-state index contributed by atoms with van der Waals surface area (Å²) in [6.07, 6.45) is 11.0. The fourth-order valence-electron chi connectivity index (χ4n) is 12.2. The van der Waals surface area contributed by atoms with Crippen molar-refractivity contribution in [2.24, 2.45) is 13.0 Å². The Kier molecular flexibility index (Phi) is 30.6. The molecule has 3 aromatic heterocycles. The van der Waals surface area contributed by atoms with Crippen LogP contribution in [0.2, 0.25) is 13.1 Å². The molecule has 13 heteroatoms. The van der Waals surface area contributed by atoms with Crippen LogP contribution in [0.1, 0.15) is 143 Å². The van der Waals surface area contributed by atoms with E-state index in [-0.39, 0.29) is 23.4 Å². The van der Waals surface area contributed by atoms with E-state index in [1.54, 1.807) is 42.1 Å². The number of aromatic nitrogens is 2. The summed E-state index contributed by atoms with van der Waals surface area (Å²) in [4.78, 5) is 45.8. The monoisotopic (exact) mass is 1370 g/mol. The summed E-state index contributed by atoms with van der Waals surface area (Å²) in [7, 11) is 3.91. The molecule has 1 aliphatic heterocycles. The molecule has 8 aromatic carbocycles. The van der Waals surface area contributed by atoms with Gasteiger partial charge in [-0.3, -0.25) is 19.3 Å². The van der Waals surface area contributed by atoms with Crippen LogP contribution in [0.4, 0.5) is 0 Å². The number of allylic oxidation sites excluding steroid dienone is 1. The lowest BCUT2D eigenvalue weighted by Crippen LogP contribution is -2.48. The molecule has 11 nitrogen and oxygen atoms in total. The summed E-state index contributed by atoms with van der Waals surface area (Å²) in [5.41, 5.74) is 12.5. The van der Waals surface area contributed by atoms with Crippen molar-refractivity contribution >= 4 is 57.1 Å². The maximum absolute atomic E-state index is 12.5. The molecular formula is C88H103BN5O6S. The van der Waals surface area contributed by atoms with Gasteiger partial charge in [-0.2, -0.15) is 0 Å². The van der Waals surface area contributed by atoms with Gasteiger partial charge in [-0.05, 0) is 184 Å². The topological polar surface area (TPSA) is 129 Å². The molecule has 1 amide bonds. The number of nitrogens with zero attached hydrogens (tertiary/aromatic N) is 3. The molecule has 0 saturated carbocycles. The number of H-pyrrole nitrogens is 1. The number of hydrogen-bond donors (Lipinski definition) is 3. The second-order valence-corrected chi connectivity index (χ2v) is 27.6. The highest BCUT2D eigenvalue weighted by molar-refractivity contribution is 7.19. The summed E-state index contributed by atoms with van der Waals surface area (Å²) in [6.45, 7) is 27.9. The number of ketones is 2. The molecule has 101 heavy (non-hydrogen) atoms. The van der Waals surface area contributed by atoms with E-state index < -0.39 is 0 Å². The van der Waals surface area contributed by atoms with Gasteiger partial charge in [-0.25, -0.2) is 0 Å². The summed E-state index contributed by atoms with van der Waals surface area (Å²) in [5.74, 6) is 3.72. The number of amides is 1. The fraction of sp³-hybridized carbons (Fsp3) is 0.307. The molecule has 1 fully saturated rings. The third-order valence-corrected chi connectivity index (χ3v) is 19.3. The number of unbranched alkanes of at least 4 members (excludes halogenated alkanes) is 1. The lowest BCUT2D eigenvalue weighted by molar-refractivity contribution is -0.116. The molecule has 0 bridgehead atoms. The first-order chi connectivity index (χ1) is 48.9. The number of nitrogens with one attached hydrogen (secondary N) is 2. The number of ether oxygens (including phenoxy) is 2. The van der Waals surface area contributed by atoms with Crippen molar-refractivity contribution in [2.45, 2.75) is 120 Å². The number of benzene rings is 8. The van der Waals surface area contributed by atoms with Gasteiger partial charge in [0, 0.05) is 72.9 Å². The van der Waals surface area contributed by atoms with E-state index in [2.05, 4.69) is 204 Å². The number of aryl methyl sites for hydroxylation is 5. The number of rotatable bonds is 24. The number of Topliss-reactive ketones (excluding diaryl/α,β-unsaturated/α-hetero) is 1. The average Bonchev–Trinajstić information content (AvgIpc) is 1.64. The van der Waals surface area contributed by atoms with Crippen LogP contribution in [0.3, 0.4) is 0 Å². The Morgan fingerprint density at radius 2 is 1.30 bits per heavy atom. The molecule has 11 aromatic rings. The van der Waals surface area contributed by atoms with E-state index in [1.807, 2.05) is 104 Å². The Labute approximate surface area is 605 Å². The number of aromatic amines is 1. The van der Waals surface area contributed by atoms with Crippen molar-refractivity contribution in [2.75, 3.05) is 45.9 Å². The lowest BCUT2D eigenvalue weighted by atomic mass is 9.74. The molecule has 0 spiro atoms. The van der Waals surface area contributed by atoms with Crippen molar-refractivity contribution < 1.29 is 29.0 Å². The normalized spacial score (nSPS) is 12.5. The van der Waals surface area contributed by atoms with E-state index in [1.165, 1.54) is 53.9 Å². The third-order valence-electron chi connectivity index (χ3n) is 17.9. The van der Waals surface area contributed by atoms with Gasteiger partial charge in [0.1, 0.15) is 24.5 Å². The van der Waals surface area contributed by atoms with Gasteiger partial charge >= 0.3 is 0 Å². The van der Waals surface area contributed by atoms with Crippen LogP contribution in [-0.4, -0.2) is 95.1 Å². The molecular weight excluding hydrogens is 1270 g/mol. The Morgan fingerprint density at radius 3 is 1.90 bits per heavy atom. The molecule has 525 valence electrons. The molecule has 1 atom stereocenters. The standard InChI is InChI=1S/C25H33N3O.C21H26BO.C16H18O2.C15H14N2O2.C11H12S/c1-2-11-24(29)26-16-9-10-17-27-18-20-28(21-19-27)25(22-12-5-3-6-13-22)23-14-7-4-8-15-23;1-15-5-10-20(17(3)13-15)18-6-8-19(9-7-18)21(23)14-16(2)11-12-22-4;1-3-12-17-14-8-10-16(11-9-14)18-15-6-4-13(2)5-7-15;1-9-5-6-12-10(8-9)13(15(19)17(12)2)14(18)11-4-3-7-16-11;1-8(2)11-7-9-5-3-4-6-10(9)12-11/h2-8,11-15,25H,9-10,16-21H2,1H3,(H,26,29);5-10,13,16H,11-12,14H2,1-4H3;4-11H,3,12H2,1-2H3;3-8,16,19H,1-2H3;3-8H,1-2H3/b11-2+;;;;. The largest absolute Gasteiger partial charge is 0.494 e. The zero-order chi connectivity index (χ0) is 72.0. The summed E-state index contributed by atoms with van der Waals surface area (Å²) >= 11 is 1.91. The number of carbonyl (C=O) groups excluding carboxylic acids is 3. The van der Waals surface area contributed by atoms with Crippen LogP contribution in [0, 0.1) is 33.6 Å². The van der Waals surface area contributed by atoms with Gasteiger partial charge < -0.3 is 34.3 Å². The van der Waals surface area contributed by atoms with Gasteiger partial charge in [0.15, 0.2) is 5.78 Å². The summed E-state index contributed by atoms with van der Waals surface area (Å²) in [6, 6.07) is 72.4. The van der Waals surface area contributed by atoms with Gasteiger partial charge in [0.05, 0.1) is 29.4 Å². The Hall–Kier alpha value is -9.53. The van der Waals surface area contributed by atoms with E-state index in [4.69, 9.17) is 9.47 Å². The maximum atomic E-state index is 12.5. The predicted octanol–water partition coefficient (Wildman–Crippen LogP) is 21.0. The zero-order valence-corrected chi connectivity index (χ0v) is 62.0. The molecule has 12 rings (SSSR count). The zero-order valence-electron chi connectivity index (χ0n) is 61.2. The number of carbonyl (C=O) groups is 3. The van der Waals surface area contributed by atoms with Gasteiger partial charge in [-0.1, -0.05) is 210 Å². The lowest BCUT2D eigenvalue weighted by Gasteiger charge is -2.39. The molecule has 1 unspecified atom stereocenters. The predicted molar refractivity (Wildman–Crippen MR) is 423 cm³/mol. The number of piperazine rings is 1. The molecule has 1 radical (unpaired) electrons. The first-order valence-corrected chi connectivity index (χ1v) is 36.6. The van der Waals surface area contributed by atoms with Crippen molar-refractivity contribution in [3.63, 3.8) is 0 Å². The summed E-state index contributed by atoms with van der Waals surface area (Å²) in [5, 5.41) is 15.3. The smallest absolute Gasteiger partial charge is 0.243 e. The highest BCUT2D eigenvalue weighted by atomic mass is 32.1. The van der Waals surface area contributed by atoms with Crippen LogP contribution in [-0.2, 0) is 11.8 Å². The number of aromatic hydroxyl groups is 1. The van der Waals surface area contributed by atoms with Crippen LogP contribution >= 0.6 is 11.3 Å². The Morgan fingerprint density at radius 1 is 0.683 bits per heavy atom. The molecule has 1 aliphatic rings. The van der Waals surface area contributed by atoms with Crippen molar-refractivity contribution in [1.29, 1.82) is 0 Å². The highest BCUT2D eigenvalue weighted by Crippen LogP contribution is 2.35. The summed E-state index contributed by atoms with van der Waals surface area (Å²) < 4.78 is 14.3. The molecule has 1 saturated heterocycles. The molecule has 3 N–H and O–H groups in total. The second-order valence-electron chi connectivity index (χ2n) is 26.5. The van der Waals surface area contributed by atoms with Gasteiger partial charge in [0.25, 0.3) is 0 Å². The quantitative estimate of drug-likeness (QED) is 0.0236. The second kappa shape index (κ2) is 40.1. The highest BCUT2D eigenvalue weighted by Gasteiger charge is 2.27. The average molecular weight is 1370 g/mol. The minimum atomic E-state index is -0.196. The minimum Gasteiger partial charge on any atom is -0.494 e. The Bertz CT molecular complexity index is 4260. The maximum Gasteiger partial charge on any atom is 0.243 e. The third kappa shape index (κ3) is 23.5. The molecule has 4 heterocycles. The number of hydrogen-bond acceptors (Lipinski definition) is 9.